The Morgan fingerprint density at radius 1 is 1.35 bits per heavy atom. The minimum Gasteiger partial charge on any atom is -0.281 e. The molecule has 1 heterocycles. The maximum Gasteiger partial charge on any atom is 0.265 e. The van der Waals surface area contributed by atoms with Crippen LogP contribution < -0.4 is 4.72 Å². The summed E-state index contributed by atoms with van der Waals surface area (Å²) in [5.41, 5.74) is 2.52. The average Bonchev–Trinajstić information content (AvgIpc) is 2.71. The van der Waals surface area contributed by atoms with Crippen LogP contribution in [0.1, 0.15) is 23.9 Å². The van der Waals surface area contributed by atoms with Gasteiger partial charge in [-0.05, 0) is 44.0 Å². The molecule has 0 saturated heterocycles. The summed E-state index contributed by atoms with van der Waals surface area (Å²) in [5, 5.41) is 6.62. The third-order valence-corrected chi connectivity index (χ3v) is 5.14. The maximum absolute atomic E-state index is 12.5. The van der Waals surface area contributed by atoms with Crippen molar-refractivity contribution in [2.75, 3.05) is 4.72 Å². The average molecular weight is 358 g/mol. The lowest BCUT2D eigenvalue weighted by atomic mass is 10.1. The molecule has 0 amide bonds. The number of rotatable bonds is 4. The van der Waals surface area contributed by atoms with E-state index in [-0.39, 0.29) is 4.90 Å². The molecule has 0 saturated carbocycles. The second-order valence-corrected chi connectivity index (χ2v) is 7.06. The molecule has 5 nitrogen and oxygen atoms in total. The molecular weight excluding hydrogens is 342 g/mol. The van der Waals surface area contributed by atoms with Crippen LogP contribution in [0, 0.1) is 13.8 Å². The van der Waals surface area contributed by atoms with Gasteiger partial charge in [0.05, 0.1) is 17.1 Å². The zero-order valence-corrected chi connectivity index (χ0v) is 13.9. The smallest absolute Gasteiger partial charge is 0.265 e. The second-order valence-electron chi connectivity index (χ2n) is 4.52. The van der Waals surface area contributed by atoms with E-state index in [0.717, 1.165) is 16.5 Å². The molecule has 0 atom stereocenters. The van der Waals surface area contributed by atoms with Gasteiger partial charge in [0, 0.05) is 4.47 Å². The van der Waals surface area contributed by atoms with E-state index in [1.807, 2.05) is 19.1 Å². The molecule has 0 aliphatic heterocycles. The van der Waals surface area contributed by atoms with Gasteiger partial charge in [0.2, 0.25) is 0 Å². The number of hydrogen-bond acceptors (Lipinski definition) is 3. The molecule has 108 valence electrons. The molecule has 0 fully saturated rings. The van der Waals surface area contributed by atoms with Crippen LogP contribution in [0.25, 0.3) is 0 Å². The van der Waals surface area contributed by atoms with Crippen LogP contribution in [0.2, 0.25) is 0 Å². The molecule has 0 aliphatic carbocycles. The summed E-state index contributed by atoms with van der Waals surface area (Å²) in [7, 11) is -3.64. The second kappa shape index (κ2) is 5.57. The quantitative estimate of drug-likeness (QED) is 0.882. The maximum atomic E-state index is 12.5. The molecule has 0 spiro atoms. The highest BCUT2D eigenvalue weighted by Gasteiger charge is 2.23. The fourth-order valence-electron chi connectivity index (χ4n) is 2.09. The van der Waals surface area contributed by atoms with Gasteiger partial charge in [-0.25, -0.2) is 8.42 Å². The molecule has 1 aromatic heterocycles. The van der Waals surface area contributed by atoms with Crippen LogP contribution >= 0.6 is 15.9 Å². The van der Waals surface area contributed by atoms with E-state index in [1.54, 1.807) is 19.9 Å². The van der Waals surface area contributed by atoms with Crippen molar-refractivity contribution in [3.63, 3.8) is 0 Å². The first-order valence-corrected chi connectivity index (χ1v) is 8.45. The normalized spacial score (nSPS) is 11.6. The summed E-state index contributed by atoms with van der Waals surface area (Å²) in [5.74, 6) is 0. The number of aryl methyl sites for hydroxylation is 3. The van der Waals surface area contributed by atoms with E-state index in [4.69, 9.17) is 0 Å². The summed E-state index contributed by atoms with van der Waals surface area (Å²) >= 11 is 3.39. The van der Waals surface area contributed by atoms with Crippen LogP contribution in [-0.2, 0) is 16.4 Å². The summed E-state index contributed by atoms with van der Waals surface area (Å²) in [6.45, 7) is 5.34. The number of sulfonamides is 1. The number of aromatic nitrogens is 2. The zero-order chi connectivity index (χ0) is 14.9. The Balaban J connectivity index is 2.44. The Kier molecular flexibility index (Phi) is 4.19. The van der Waals surface area contributed by atoms with Crippen molar-refractivity contribution >= 4 is 31.6 Å². The highest BCUT2D eigenvalue weighted by atomic mass is 79.9. The van der Waals surface area contributed by atoms with Crippen LogP contribution in [0.4, 0.5) is 5.69 Å². The third-order valence-electron chi connectivity index (χ3n) is 3.02. The predicted molar refractivity (Wildman–Crippen MR) is 82.4 cm³/mol. The van der Waals surface area contributed by atoms with E-state index in [1.165, 1.54) is 0 Å². The standard InChI is InChI=1S/C13H16BrN3O2S/c1-4-10-7-11(14)5-6-12(10)17-20(18,19)13-8(2)15-16-9(13)3/h5-7,17H,4H2,1-3H3,(H,15,16). The fourth-order valence-corrected chi connectivity index (χ4v) is 3.97. The molecule has 2 rings (SSSR count). The molecule has 2 N–H and O–H groups in total. The number of aromatic amines is 1. The van der Waals surface area contributed by atoms with Gasteiger partial charge in [-0.3, -0.25) is 9.82 Å². The van der Waals surface area contributed by atoms with E-state index in [0.29, 0.717) is 17.1 Å². The molecule has 2 aromatic rings. The Bertz CT molecular complexity index is 719. The Morgan fingerprint density at radius 2 is 2.05 bits per heavy atom. The number of nitrogens with one attached hydrogen (secondary N) is 2. The predicted octanol–water partition coefficient (Wildman–Crippen LogP) is 3.15. The number of nitrogens with zero attached hydrogens (tertiary/aromatic N) is 1. The minimum absolute atomic E-state index is 0.211. The Labute approximate surface area is 127 Å². The van der Waals surface area contributed by atoms with Crippen LogP contribution in [0.3, 0.4) is 0 Å². The van der Waals surface area contributed by atoms with Crippen LogP contribution in [-0.4, -0.2) is 18.6 Å². The molecule has 0 bridgehead atoms. The molecule has 1 aromatic carbocycles. The molecule has 0 aliphatic rings. The first-order valence-electron chi connectivity index (χ1n) is 6.18. The lowest BCUT2D eigenvalue weighted by molar-refractivity contribution is 0.600. The zero-order valence-electron chi connectivity index (χ0n) is 11.5. The third kappa shape index (κ3) is 2.88. The highest BCUT2D eigenvalue weighted by Crippen LogP contribution is 2.26. The summed E-state index contributed by atoms with van der Waals surface area (Å²) < 4.78 is 28.5. The summed E-state index contributed by atoms with van der Waals surface area (Å²) in [4.78, 5) is 0.211. The first kappa shape index (κ1) is 15.1. The van der Waals surface area contributed by atoms with Crippen molar-refractivity contribution in [1.29, 1.82) is 0 Å². The number of hydrogen-bond donors (Lipinski definition) is 2. The van der Waals surface area contributed by atoms with Gasteiger partial charge in [-0.15, -0.1) is 0 Å². The number of H-pyrrole nitrogens is 1. The monoisotopic (exact) mass is 357 g/mol. The van der Waals surface area contributed by atoms with Crippen molar-refractivity contribution in [1.82, 2.24) is 10.2 Å². The number of benzene rings is 1. The van der Waals surface area contributed by atoms with Crippen LogP contribution in [0.5, 0.6) is 0 Å². The van der Waals surface area contributed by atoms with Gasteiger partial charge in [0.25, 0.3) is 10.0 Å². The lowest BCUT2D eigenvalue weighted by Gasteiger charge is -2.12. The summed E-state index contributed by atoms with van der Waals surface area (Å²) in [6, 6.07) is 5.48. The fraction of sp³-hybridized carbons (Fsp3) is 0.308. The van der Waals surface area contributed by atoms with Crippen LogP contribution in [0.15, 0.2) is 27.6 Å². The van der Waals surface area contributed by atoms with Gasteiger partial charge in [-0.2, -0.15) is 5.10 Å². The van der Waals surface area contributed by atoms with Gasteiger partial charge in [0.1, 0.15) is 4.90 Å². The summed E-state index contributed by atoms with van der Waals surface area (Å²) in [6.07, 6.45) is 0.737. The van der Waals surface area contributed by atoms with Gasteiger partial charge >= 0.3 is 0 Å². The van der Waals surface area contributed by atoms with E-state index >= 15 is 0 Å². The van der Waals surface area contributed by atoms with Crippen molar-refractivity contribution in [3.8, 4) is 0 Å². The number of anilines is 1. The van der Waals surface area contributed by atoms with E-state index in [9.17, 15) is 8.42 Å². The van der Waals surface area contributed by atoms with Crippen molar-refractivity contribution in [2.24, 2.45) is 0 Å². The van der Waals surface area contributed by atoms with Crippen molar-refractivity contribution in [2.45, 2.75) is 32.1 Å². The van der Waals surface area contributed by atoms with Gasteiger partial charge in [-0.1, -0.05) is 22.9 Å². The minimum atomic E-state index is -3.64. The molecule has 7 heteroatoms. The van der Waals surface area contributed by atoms with E-state index < -0.39 is 10.0 Å². The molecule has 0 radical (unpaired) electrons. The Morgan fingerprint density at radius 3 is 2.60 bits per heavy atom. The van der Waals surface area contributed by atoms with Crippen molar-refractivity contribution < 1.29 is 8.42 Å². The molecule has 20 heavy (non-hydrogen) atoms. The molecule has 0 unspecified atom stereocenters. The SMILES string of the molecule is CCc1cc(Br)ccc1NS(=O)(=O)c1c(C)n[nH]c1C. The number of halogens is 1. The van der Waals surface area contributed by atoms with E-state index in [2.05, 4.69) is 30.8 Å². The van der Waals surface area contributed by atoms with Gasteiger partial charge in [0.15, 0.2) is 0 Å². The van der Waals surface area contributed by atoms with Crippen molar-refractivity contribution in [3.05, 3.63) is 39.6 Å². The largest absolute Gasteiger partial charge is 0.281 e. The lowest BCUT2D eigenvalue weighted by Crippen LogP contribution is -2.15. The molecular formula is C13H16BrN3O2S. The first-order chi connectivity index (χ1) is 9.35. The van der Waals surface area contributed by atoms with Gasteiger partial charge < -0.3 is 0 Å². The topological polar surface area (TPSA) is 74.8 Å². The Hall–Kier alpha value is -1.34. The highest BCUT2D eigenvalue weighted by molar-refractivity contribution is 9.10.